The van der Waals surface area contributed by atoms with Crippen LogP contribution < -0.4 is 10.9 Å². The van der Waals surface area contributed by atoms with Gasteiger partial charge in [-0.15, -0.1) is 0 Å². The molecule has 2 aromatic heterocycles. The van der Waals surface area contributed by atoms with Crippen molar-refractivity contribution in [3.63, 3.8) is 0 Å². The van der Waals surface area contributed by atoms with E-state index in [9.17, 15) is 9.59 Å². The van der Waals surface area contributed by atoms with Crippen molar-refractivity contribution < 1.29 is 9.53 Å². The quantitative estimate of drug-likeness (QED) is 0.841. The van der Waals surface area contributed by atoms with Crippen LogP contribution in [0.3, 0.4) is 0 Å². The number of carbonyl (C=O) groups is 1. The number of hydrogen-bond acceptors (Lipinski definition) is 6. The molecule has 2 heterocycles. The van der Waals surface area contributed by atoms with Gasteiger partial charge < -0.3 is 10.1 Å². The summed E-state index contributed by atoms with van der Waals surface area (Å²) in [7, 11) is 0. The van der Waals surface area contributed by atoms with Crippen LogP contribution in [0.2, 0.25) is 0 Å². The van der Waals surface area contributed by atoms with Crippen molar-refractivity contribution in [1.29, 1.82) is 0 Å². The van der Waals surface area contributed by atoms with Gasteiger partial charge in [-0.05, 0) is 26.0 Å². The number of hydrogen-bond donors (Lipinski definition) is 1. The molecule has 0 spiro atoms. The van der Waals surface area contributed by atoms with Crippen molar-refractivity contribution >= 4 is 17.3 Å². The molecule has 7 heteroatoms. The van der Waals surface area contributed by atoms with E-state index in [0.717, 1.165) is 0 Å². The first-order chi connectivity index (χ1) is 10.2. The highest BCUT2D eigenvalue weighted by Crippen LogP contribution is 2.12. The van der Waals surface area contributed by atoms with Crippen LogP contribution in [-0.2, 0) is 11.3 Å². The molecule has 0 aliphatic carbocycles. The van der Waals surface area contributed by atoms with Crippen LogP contribution in [0.5, 0.6) is 0 Å². The molecule has 0 atom stereocenters. The van der Waals surface area contributed by atoms with E-state index in [1.165, 1.54) is 10.7 Å². The Morgan fingerprint density at radius 1 is 1.43 bits per heavy atom. The average molecular weight is 288 g/mol. The Labute approximate surface area is 121 Å². The number of carbonyl (C=O) groups excluding carboxylic acids is 1. The third-order valence-electron chi connectivity index (χ3n) is 2.70. The van der Waals surface area contributed by atoms with E-state index in [1.54, 1.807) is 38.4 Å². The summed E-state index contributed by atoms with van der Waals surface area (Å²) < 4.78 is 6.13. The molecule has 0 saturated heterocycles. The van der Waals surface area contributed by atoms with Crippen molar-refractivity contribution in [3.05, 3.63) is 46.6 Å². The van der Waals surface area contributed by atoms with Crippen LogP contribution in [0.1, 0.15) is 24.3 Å². The molecule has 110 valence electrons. The van der Waals surface area contributed by atoms with Crippen LogP contribution in [-0.4, -0.2) is 27.3 Å². The molecular formula is C14H16N4O3. The maximum absolute atomic E-state index is 12.2. The standard InChI is InChI=1S/C14H16N4O3/c1-3-18-13(19)11(16-10-6-5-7-15-9-10)8-12(17-18)14(20)21-4-2/h5-9,16H,3-4H2,1-2H3. The van der Waals surface area contributed by atoms with E-state index in [4.69, 9.17) is 4.74 Å². The first kappa shape index (κ1) is 14.7. The van der Waals surface area contributed by atoms with Crippen molar-refractivity contribution in [2.45, 2.75) is 20.4 Å². The number of ether oxygens (including phenoxy) is 1. The second-order valence-corrected chi connectivity index (χ2v) is 4.15. The zero-order valence-corrected chi connectivity index (χ0v) is 11.9. The molecule has 2 rings (SSSR count). The first-order valence-electron chi connectivity index (χ1n) is 6.62. The number of anilines is 2. The fourth-order valence-corrected chi connectivity index (χ4v) is 1.74. The predicted octanol–water partition coefficient (Wildman–Crippen LogP) is 1.58. The van der Waals surface area contributed by atoms with Crippen molar-refractivity contribution in [3.8, 4) is 0 Å². The van der Waals surface area contributed by atoms with Gasteiger partial charge in [-0.25, -0.2) is 9.48 Å². The molecule has 0 bridgehead atoms. The molecule has 1 N–H and O–H groups in total. The lowest BCUT2D eigenvalue weighted by Gasteiger charge is -2.10. The maximum Gasteiger partial charge on any atom is 0.358 e. The van der Waals surface area contributed by atoms with Gasteiger partial charge in [0.25, 0.3) is 5.56 Å². The van der Waals surface area contributed by atoms with Crippen molar-refractivity contribution in [2.24, 2.45) is 0 Å². The van der Waals surface area contributed by atoms with Gasteiger partial charge in [-0.3, -0.25) is 9.78 Å². The Hall–Kier alpha value is -2.70. The highest BCUT2D eigenvalue weighted by molar-refractivity contribution is 5.88. The summed E-state index contributed by atoms with van der Waals surface area (Å²) in [6, 6.07) is 4.90. The minimum Gasteiger partial charge on any atom is -0.461 e. The van der Waals surface area contributed by atoms with E-state index in [0.29, 0.717) is 12.2 Å². The summed E-state index contributed by atoms with van der Waals surface area (Å²) in [4.78, 5) is 28.0. The largest absolute Gasteiger partial charge is 0.461 e. The Kier molecular flexibility index (Phi) is 4.65. The fraction of sp³-hybridized carbons (Fsp3) is 0.286. The van der Waals surface area contributed by atoms with Gasteiger partial charge in [0.2, 0.25) is 0 Å². The molecule has 0 aliphatic rings. The van der Waals surface area contributed by atoms with Gasteiger partial charge in [-0.1, -0.05) is 0 Å². The van der Waals surface area contributed by atoms with Gasteiger partial charge in [0.15, 0.2) is 5.69 Å². The summed E-state index contributed by atoms with van der Waals surface area (Å²) >= 11 is 0. The van der Waals surface area contributed by atoms with Gasteiger partial charge in [-0.2, -0.15) is 5.10 Å². The van der Waals surface area contributed by atoms with Crippen molar-refractivity contribution in [1.82, 2.24) is 14.8 Å². The zero-order chi connectivity index (χ0) is 15.2. The number of pyridine rings is 1. The summed E-state index contributed by atoms with van der Waals surface area (Å²) in [6.45, 7) is 4.09. The van der Waals surface area contributed by atoms with Gasteiger partial charge in [0, 0.05) is 18.8 Å². The molecule has 0 aromatic carbocycles. The van der Waals surface area contributed by atoms with Crippen LogP contribution in [0.15, 0.2) is 35.4 Å². The average Bonchev–Trinajstić information content (AvgIpc) is 2.50. The fourth-order valence-electron chi connectivity index (χ4n) is 1.74. The topological polar surface area (TPSA) is 86.1 Å². The Bertz CT molecular complexity index is 682. The number of nitrogens with one attached hydrogen (secondary N) is 1. The van der Waals surface area contributed by atoms with Crippen LogP contribution in [0, 0.1) is 0 Å². The number of nitrogens with zero attached hydrogens (tertiary/aromatic N) is 3. The number of aryl methyl sites for hydroxylation is 1. The van der Waals surface area contributed by atoms with E-state index in [1.807, 2.05) is 0 Å². The lowest BCUT2D eigenvalue weighted by Crippen LogP contribution is -2.27. The molecular weight excluding hydrogens is 272 g/mol. The molecule has 0 amide bonds. The minimum absolute atomic E-state index is 0.0877. The molecule has 0 unspecified atom stereocenters. The summed E-state index contributed by atoms with van der Waals surface area (Å²) in [5.41, 5.74) is 0.681. The third kappa shape index (κ3) is 3.44. The smallest absolute Gasteiger partial charge is 0.358 e. The van der Waals surface area contributed by atoms with Gasteiger partial charge >= 0.3 is 5.97 Å². The number of aromatic nitrogens is 3. The Morgan fingerprint density at radius 2 is 2.24 bits per heavy atom. The van der Waals surface area contributed by atoms with Crippen molar-refractivity contribution in [2.75, 3.05) is 11.9 Å². The monoisotopic (exact) mass is 288 g/mol. The van der Waals surface area contributed by atoms with E-state index < -0.39 is 5.97 Å². The van der Waals surface area contributed by atoms with E-state index in [2.05, 4.69) is 15.4 Å². The minimum atomic E-state index is -0.561. The highest BCUT2D eigenvalue weighted by atomic mass is 16.5. The van der Waals surface area contributed by atoms with Crippen LogP contribution in [0.4, 0.5) is 11.4 Å². The molecule has 2 aromatic rings. The molecule has 0 aliphatic heterocycles. The zero-order valence-electron chi connectivity index (χ0n) is 11.9. The second-order valence-electron chi connectivity index (χ2n) is 4.15. The van der Waals surface area contributed by atoms with E-state index in [-0.39, 0.29) is 23.5 Å². The number of esters is 1. The van der Waals surface area contributed by atoms with Crippen LogP contribution in [0.25, 0.3) is 0 Å². The maximum atomic E-state index is 12.2. The summed E-state index contributed by atoms with van der Waals surface area (Å²) in [5, 5.41) is 6.93. The Balaban J connectivity index is 2.42. The summed E-state index contributed by atoms with van der Waals surface area (Å²) in [6.07, 6.45) is 3.21. The highest BCUT2D eigenvalue weighted by Gasteiger charge is 2.14. The second kappa shape index (κ2) is 6.65. The first-order valence-corrected chi connectivity index (χ1v) is 6.62. The Morgan fingerprint density at radius 3 is 2.86 bits per heavy atom. The van der Waals surface area contributed by atoms with E-state index >= 15 is 0 Å². The normalized spacial score (nSPS) is 10.2. The predicted molar refractivity (Wildman–Crippen MR) is 77.6 cm³/mol. The van der Waals surface area contributed by atoms with Gasteiger partial charge in [0.1, 0.15) is 5.69 Å². The van der Waals surface area contributed by atoms with Crippen LogP contribution >= 0.6 is 0 Å². The lowest BCUT2D eigenvalue weighted by atomic mass is 10.3. The number of rotatable bonds is 5. The lowest BCUT2D eigenvalue weighted by molar-refractivity contribution is 0.0516. The molecule has 0 saturated carbocycles. The molecule has 0 fully saturated rings. The van der Waals surface area contributed by atoms with Gasteiger partial charge in [0.05, 0.1) is 18.5 Å². The molecule has 0 radical (unpaired) electrons. The third-order valence-corrected chi connectivity index (χ3v) is 2.70. The molecule has 21 heavy (non-hydrogen) atoms. The SMILES string of the molecule is CCOC(=O)c1cc(Nc2cccnc2)c(=O)n(CC)n1. The molecule has 7 nitrogen and oxygen atoms in total. The summed E-state index contributed by atoms with van der Waals surface area (Å²) in [5.74, 6) is -0.561.